The first kappa shape index (κ1) is 15.7. The molecule has 3 aromatic carbocycles. The van der Waals surface area contributed by atoms with Crippen molar-refractivity contribution in [3.05, 3.63) is 76.1 Å². The number of benzene rings is 2. The topological polar surface area (TPSA) is 38.7 Å². The number of pyridine rings is 1. The fraction of sp³-hybridized carbons (Fsp3) is 0.160. The van der Waals surface area contributed by atoms with Gasteiger partial charge in [0.25, 0.3) is 0 Å². The molecule has 1 aliphatic rings. The Balaban J connectivity index is 1.86. The molecule has 0 spiro atoms. The molecule has 3 heteroatoms. The van der Waals surface area contributed by atoms with E-state index in [1.54, 1.807) is 0 Å². The van der Waals surface area contributed by atoms with E-state index in [0.29, 0.717) is 0 Å². The van der Waals surface area contributed by atoms with Crippen LogP contribution in [0.4, 0.5) is 0 Å². The third-order valence-electron chi connectivity index (χ3n) is 6.30. The number of aromatic nitrogens is 3. The van der Waals surface area contributed by atoms with E-state index in [1.807, 2.05) is 6.20 Å². The number of fused-ring (bicyclic) bond motifs is 5. The van der Waals surface area contributed by atoms with Crippen LogP contribution < -0.4 is 5.22 Å². The number of hydrogen-bond acceptors (Lipinski definition) is 3. The van der Waals surface area contributed by atoms with E-state index in [2.05, 4.69) is 79.5 Å². The summed E-state index contributed by atoms with van der Waals surface area (Å²) in [5.74, 6) is 0.281. The molecule has 0 saturated carbocycles. The van der Waals surface area contributed by atoms with Crippen molar-refractivity contribution in [3.63, 3.8) is 0 Å². The van der Waals surface area contributed by atoms with Crippen LogP contribution in [0.1, 0.15) is 35.1 Å². The Kier molecular flexibility index (Phi) is 3.00. The van der Waals surface area contributed by atoms with Crippen LogP contribution in [0.15, 0.2) is 48.7 Å². The maximum Gasteiger partial charge on any atom is 0.184 e. The van der Waals surface area contributed by atoms with Crippen LogP contribution in [-0.4, -0.2) is 15.2 Å². The van der Waals surface area contributed by atoms with Gasteiger partial charge in [-0.05, 0) is 65.3 Å². The normalized spacial score (nSPS) is 16.5. The molecule has 0 radical (unpaired) electrons. The Bertz CT molecular complexity index is 1480. The van der Waals surface area contributed by atoms with E-state index < -0.39 is 0 Å². The summed E-state index contributed by atoms with van der Waals surface area (Å²) >= 11 is 0. The Morgan fingerprint density at radius 3 is 2.54 bits per heavy atom. The molecule has 134 valence electrons. The standard InChI is InChI=1S/C25H19N3/c1-13-10-20-24-22(15(13)3)18-11-17(16-7-5-4-6-8-16)9-14(2)21(18)23(24)19-12-26-28-25(19)27-20/h4-12,17H,1-3H3. The monoisotopic (exact) mass is 361 g/mol. The zero-order valence-electron chi connectivity index (χ0n) is 16.1. The van der Waals surface area contributed by atoms with Gasteiger partial charge in [0.05, 0.1) is 11.7 Å². The van der Waals surface area contributed by atoms with Gasteiger partial charge in [0.15, 0.2) is 5.65 Å². The fourth-order valence-electron chi connectivity index (χ4n) is 4.88. The van der Waals surface area contributed by atoms with Crippen molar-refractivity contribution >= 4 is 44.4 Å². The Hall–Kier alpha value is -3.33. The molecule has 1 atom stereocenters. The minimum atomic E-state index is 0.281. The van der Waals surface area contributed by atoms with Crippen LogP contribution >= 0.6 is 0 Å². The lowest BCUT2D eigenvalue weighted by Gasteiger charge is -2.16. The first-order valence-corrected chi connectivity index (χ1v) is 9.69. The highest BCUT2D eigenvalue weighted by Gasteiger charge is 2.24. The zero-order valence-corrected chi connectivity index (χ0v) is 16.1. The summed E-state index contributed by atoms with van der Waals surface area (Å²) in [6, 6.07) is 12.9. The van der Waals surface area contributed by atoms with Gasteiger partial charge in [-0.2, -0.15) is 5.10 Å². The molecule has 0 bridgehead atoms. The van der Waals surface area contributed by atoms with Crippen molar-refractivity contribution in [1.82, 2.24) is 15.2 Å². The number of hydrogen-bond donors (Lipinski definition) is 0. The van der Waals surface area contributed by atoms with Crippen LogP contribution in [0.3, 0.4) is 0 Å². The highest BCUT2D eigenvalue weighted by Crippen LogP contribution is 2.40. The van der Waals surface area contributed by atoms with Crippen molar-refractivity contribution < 1.29 is 0 Å². The second-order valence-electron chi connectivity index (χ2n) is 7.90. The summed E-state index contributed by atoms with van der Waals surface area (Å²) in [6.07, 6.45) is 6.67. The van der Waals surface area contributed by atoms with Gasteiger partial charge >= 0.3 is 0 Å². The highest BCUT2D eigenvalue weighted by atomic mass is 15.1. The van der Waals surface area contributed by atoms with Crippen molar-refractivity contribution in [2.24, 2.45) is 0 Å². The molecule has 0 amide bonds. The predicted molar refractivity (Wildman–Crippen MR) is 116 cm³/mol. The van der Waals surface area contributed by atoms with Crippen LogP contribution in [0.2, 0.25) is 0 Å². The minimum Gasteiger partial charge on any atom is -0.226 e. The Morgan fingerprint density at radius 2 is 1.71 bits per heavy atom. The zero-order chi connectivity index (χ0) is 19.0. The molecule has 2 heterocycles. The van der Waals surface area contributed by atoms with Gasteiger partial charge in [-0.3, -0.25) is 0 Å². The van der Waals surface area contributed by atoms with Crippen molar-refractivity contribution in [2.45, 2.75) is 26.7 Å². The summed E-state index contributed by atoms with van der Waals surface area (Å²) in [5, 5.41) is 14.7. The lowest BCUT2D eigenvalue weighted by Crippen LogP contribution is -2.12. The fourth-order valence-corrected chi connectivity index (χ4v) is 4.88. The van der Waals surface area contributed by atoms with Crippen molar-refractivity contribution in [2.75, 3.05) is 0 Å². The summed E-state index contributed by atoms with van der Waals surface area (Å²) in [4.78, 5) is 4.83. The van der Waals surface area contributed by atoms with E-state index >= 15 is 0 Å². The third-order valence-corrected chi connectivity index (χ3v) is 6.30. The van der Waals surface area contributed by atoms with Crippen molar-refractivity contribution in [3.8, 4) is 0 Å². The van der Waals surface area contributed by atoms with E-state index in [-0.39, 0.29) is 5.92 Å². The molecule has 3 nitrogen and oxygen atoms in total. The molecule has 0 fully saturated rings. The number of allylic oxidation sites excluding steroid dienone is 2. The molecule has 1 aliphatic carbocycles. The molecule has 28 heavy (non-hydrogen) atoms. The molecule has 0 saturated heterocycles. The smallest absolute Gasteiger partial charge is 0.184 e. The second kappa shape index (κ2) is 5.35. The first-order chi connectivity index (χ1) is 13.6. The molecule has 1 unspecified atom stereocenters. The lowest BCUT2D eigenvalue weighted by atomic mass is 9.88. The number of nitrogens with zero attached hydrogens (tertiary/aromatic N) is 3. The average Bonchev–Trinajstić information content (AvgIpc) is 3.29. The summed E-state index contributed by atoms with van der Waals surface area (Å²) in [5.41, 5.74) is 8.33. The van der Waals surface area contributed by atoms with Gasteiger partial charge in [-0.15, -0.1) is 5.10 Å². The second-order valence-corrected chi connectivity index (χ2v) is 7.90. The Morgan fingerprint density at radius 1 is 0.893 bits per heavy atom. The van der Waals surface area contributed by atoms with Gasteiger partial charge in [0.2, 0.25) is 0 Å². The molecule has 0 N–H and O–H groups in total. The van der Waals surface area contributed by atoms with Crippen LogP contribution in [-0.2, 0) is 0 Å². The minimum absolute atomic E-state index is 0.281. The average molecular weight is 361 g/mol. The summed E-state index contributed by atoms with van der Waals surface area (Å²) in [7, 11) is 0. The molecular weight excluding hydrogens is 342 g/mol. The maximum atomic E-state index is 4.83. The largest absolute Gasteiger partial charge is 0.226 e. The van der Waals surface area contributed by atoms with Gasteiger partial charge in [0.1, 0.15) is 0 Å². The third kappa shape index (κ3) is 1.91. The maximum absolute atomic E-state index is 4.83. The molecule has 5 aromatic rings. The van der Waals surface area contributed by atoms with Gasteiger partial charge in [0, 0.05) is 22.1 Å². The molecule has 6 rings (SSSR count). The van der Waals surface area contributed by atoms with Crippen LogP contribution in [0.25, 0.3) is 44.4 Å². The van der Waals surface area contributed by atoms with Crippen LogP contribution in [0, 0.1) is 13.8 Å². The Labute approximate surface area is 162 Å². The van der Waals surface area contributed by atoms with E-state index in [1.165, 1.54) is 49.2 Å². The van der Waals surface area contributed by atoms with Gasteiger partial charge in [-0.25, -0.2) is 4.98 Å². The lowest BCUT2D eigenvalue weighted by molar-refractivity contribution is 1.10. The molecule has 2 aromatic heterocycles. The van der Waals surface area contributed by atoms with E-state index in [0.717, 1.165) is 16.6 Å². The molecular formula is C25H19N3. The molecule has 0 aliphatic heterocycles. The van der Waals surface area contributed by atoms with Crippen LogP contribution in [0.5, 0.6) is 0 Å². The number of rotatable bonds is 1. The summed E-state index contributed by atoms with van der Waals surface area (Å²) in [6.45, 7) is 6.63. The van der Waals surface area contributed by atoms with Crippen molar-refractivity contribution in [1.29, 1.82) is 0 Å². The first-order valence-electron chi connectivity index (χ1n) is 9.69. The predicted octanol–water partition coefficient (Wildman–Crippen LogP) is 5.09. The quantitative estimate of drug-likeness (QED) is 0.418. The highest BCUT2D eigenvalue weighted by molar-refractivity contribution is 6.25. The number of aryl methyl sites for hydroxylation is 2. The van der Waals surface area contributed by atoms with Gasteiger partial charge in [-0.1, -0.05) is 42.5 Å². The SMILES string of the molecule is CC1=CC(c2ccccc2)C=c2c1c1c3cnnc3nc3cc(C)c(C)c2c31. The van der Waals surface area contributed by atoms with Gasteiger partial charge < -0.3 is 0 Å². The summed E-state index contributed by atoms with van der Waals surface area (Å²) < 4.78 is 0. The van der Waals surface area contributed by atoms with E-state index in [4.69, 9.17) is 4.98 Å². The van der Waals surface area contributed by atoms with E-state index in [9.17, 15) is 0 Å².